The lowest BCUT2D eigenvalue weighted by Crippen LogP contribution is -2.27. The van der Waals surface area contributed by atoms with Crippen molar-refractivity contribution in [3.05, 3.63) is 66.1 Å². The molecule has 23 heavy (non-hydrogen) atoms. The lowest BCUT2D eigenvalue weighted by Gasteiger charge is -2.05. The van der Waals surface area contributed by atoms with E-state index in [-0.39, 0.29) is 18.1 Å². The highest BCUT2D eigenvalue weighted by Crippen LogP contribution is 2.27. The van der Waals surface area contributed by atoms with E-state index in [0.717, 1.165) is 16.8 Å². The highest BCUT2D eigenvalue weighted by atomic mass is 32.2. The SMILES string of the molecule is O=C(Cc1ccc(F)cc1)NCCSc1c[nH]c2ccccc12. The minimum atomic E-state index is -0.288. The average Bonchev–Trinajstić information content (AvgIpc) is 2.97. The van der Waals surface area contributed by atoms with Gasteiger partial charge in [0.15, 0.2) is 0 Å². The Kier molecular flexibility index (Phi) is 4.98. The minimum Gasteiger partial charge on any atom is -0.360 e. The van der Waals surface area contributed by atoms with Gasteiger partial charge in [0.05, 0.1) is 6.42 Å². The van der Waals surface area contributed by atoms with Crippen molar-refractivity contribution < 1.29 is 9.18 Å². The first-order valence-corrected chi connectivity index (χ1v) is 8.41. The van der Waals surface area contributed by atoms with E-state index in [4.69, 9.17) is 0 Å². The molecule has 0 aliphatic heterocycles. The molecule has 118 valence electrons. The molecule has 0 saturated carbocycles. The summed E-state index contributed by atoms with van der Waals surface area (Å²) >= 11 is 1.71. The van der Waals surface area contributed by atoms with Crippen LogP contribution in [0.5, 0.6) is 0 Å². The number of H-pyrrole nitrogens is 1. The molecule has 1 aromatic heterocycles. The van der Waals surface area contributed by atoms with Crippen molar-refractivity contribution in [2.45, 2.75) is 11.3 Å². The first-order chi connectivity index (χ1) is 11.2. The maximum Gasteiger partial charge on any atom is 0.224 e. The summed E-state index contributed by atoms with van der Waals surface area (Å²) in [5.74, 6) is 0.470. The Morgan fingerprint density at radius 3 is 2.74 bits per heavy atom. The number of carbonyl (C=O) groups excluding carboxylic acids is 1. The van der Waals surface area contributed by atoms with Crippen molar-refractivity contribution >= 4 is 28.6 Å². The molecular weight excluding hydrogens is 311 g/mol. The number of para-hydroxylation sites is 1. The molecule has 2 N–H and O–H groups in total. The Labute approximate surface area is 138 Å². The molecule has 3 aromatic rings. The van der Waals surface area contributed by atoms with Crippen LogP contribution in [0.4, 0.5) is 4.39 Å². The maximum absolute atomic E-state index is 12.8. The summed E-state index contributed by atoms with van der Waals surface area (Å²) in [5.41, 5.74) is 1.93. The molecule has 0 aliphatic carbocycles. The van der Waals surface area contributed by atoms with Gasteiger partial charge in [-0.1, -0.05) is 30.3 Å². The number of fused-ring (bicyclic) bond motifs is 1. The minimum absolute atomic E-state index is 0.0452. The molecule has 1 heterocycles. The summed E-state index contributed by atoms with van der Waals surface area (Å²) in [6.07, 6.45) is 2.27. The van der Waals surface area contributed by atoms with Crippen molar-refractivity contribution in [1.82, 2.24) is 10.3 Å². The summed E-state index contributed by atoms with van der Waals surface area (Å²) in [4.78, 5) is 16.3. The number of carbonyl (C=O) groups is 1. The molecule has 3 rings (SSSR count). The van der Waals surface area contributed by atoms with E-state index < -0.39 is 0 Å². The van der Waals surface area contributed by atoms with Crippen LogP contribution in [0.1, 0.15) is 5.56 Å². The van der Waals surface area contributed by atoms with E-state index in [9.17, 15) is 9.18 Å². The number of hydrogen-bond acceptors (Lipinski definition) is 2. The fourth-order valence-electron chi connectivity index (χ4n) is 2.37. The molecule has 0 unspecified atom stereocenters. The average molecular weight is 328 g/mol. The van der Waals surface area contributed by atoms with Gasteiger partial charge >= 0.3 is 0 Å². The molecule has 1 amide bonds. The van der Waals surface area contributed by atoms with Crippen LogP contribution in [0.2, 0.25) is 0 Å². The lowest BCUT2D eigenvalue weighted by molar-refractivity contribution is -0.120. The standard InChI is InChI=1S/C18H17FN2OS/c19-14-7-5-13(6-8-14)11-18(22)20-9-10-23-17-12-21-16-4-2-1-3-15(16)17/h1-8,12,21H,9-11H2,(H,20,22). The van der Waals surface area contributed by atoms with Gasteiger partial charge in [-0.05, 0) is 23.8 Å². The maximum atomic E-state index is 12.8. The second-order valence-corrected chi connectivity index (χ2v) is 6.34. The number of nitrogens with one attached hydrogen (secondary N) is 2. The van der Waals surface area contributed by atoms with Crippen LogP contribution in [-0.2, 0) is 11.2 Å². The first-order valence-electron chi connectivity index (χ1n) is 7.42. The summed E-state index contributed by atoms with van der Waals surface area (Å²) < 4.78 is 12.8. The monoisotopic (exact) mass is 328 g/mol. The zero-order valence-corrected chi connectivity index (χ0v) is 13.3. The fraction of sp³-hybridized carbons (Fsp3) is 0.167. The predicted molar refractivity (Wildman–Crippen MR) is 92.1 cm³/mol. The van der Waals surface area contributed by atoms with Gasteiger partial charge in [0.1, 0.15) is 5.82 Å². The Balaban J connectivity index is 1.44. The number of aromatic amines is 1. The van der Waals surface area contributed by atoms with Crippen LogP contribution in [-0.4, -0.2) is 23.2 Å². The van der Waals surface area contributed by atoms with Gasteiger partial charge in [-0.15, -0.1) is 11.8 Å². The van der Waals surface area contributed by atoms with Crippen LogP contribution >= 0.6 is 11.8 Å². The quantitative estimate of drug-likeness (QED) is 0.534. The van der Waals surface area contributed by atoms with E-state index in [2.05, 4.69) is 16.4 Å². The molecule has 0 radical (unpaired) electrons. The third-order valence-electron chi connectivity index (χ3n) is 3.51. The van der Waals surface area contributed by atoms with Crippen LogP contribution in [0.3, 0.4) is 0 Å². The van der Waals surface area contributed by atoms with Gasteiger partial charge in [-0.25, -0.2) is 4.39 Å². The van der Waals surface area contributed by atoms with E-state index in [1.807, 2.05) is 24.4 Å². The number of benzene rings is 2. The highest BCUT2D eigenvalue weighted by Gasteiger charge is 2.05. The summed E-state index contributed by atoms with van der Waals surface area (Å²) in [7, 11) is 0. The van der Waals surface area contributed by atoms with E-state index >= 15 is 0 Å². The predicted octanol–water partition coefficient (Wildman–Crippen LogP) is 3.76. The normalized spacial score (nSPS) is 10.8. The number of rotatable bonds is 6. The van der Waals surface area contributed by atoms with E-state index in [0.29, 0.717) is 6.54 Å². The zero-order chi connectivity index (χ0) is 16.1. The Morgan fingerprint density at radius 1 is 1.13 bits per heavy atom. The van der Waals surface area contributed by atoms with Crippen molar-refractivity contribution in [2.24, 2.45) is 0 Å². The van der Waals surface area contributed by atoms with Crippen LogP contribution in [0.25, 0.3) is 10.9 Å². The molecular formula is C18H17FN2OS. The second kappa shape index (κ2) is 7.33. The summed E-state index contributed by atoms with van der Waals surface area (Å²) in [5, 5.41) is 4.10. The van der Waals surface area contributed by atoms with Crippen molar-refractivity contribution in [2.75, 3.05) is 12.3 Å². The van der Waals surface area contributed by atoms with Crippen molar-refractivity contribution in [1.29, 1.82) is 0 Å². The van der Waals surface area contributed by atoms with Crippen LogP contribution in [0.15, 0.2) is 59.6 Å². The molecule has 0 fully saturated rings. The van der Waals surface area contributed by atoms with E-state index in [1.54, 1.807) is 23.9 Å². The molecule has 3 nitrogen and oxygen atoms in total. The molecule has 5 heteroatoms. The molecule has 0 bridgehead atoms. The molecule has 2 aromatic carbocycles. The third kappa shape index (κ3) is 4.13. The molecule has 0 atom stereocenters. The lowest BCUT2D eigenvalue weighted by atomic mass is 10.1. The molecule has 0 spiro atoms. The van der Waals surface area contributed by atoms with Gasteiger partial charge in [-0.3, -0.25) is 4.79 Å². The van der Waals surface area contributed by atoms with Gasteiger partial charge < -0.3 is 10.3 Å². The van der Waals surface area contributed by atoms with Crippen molar-refractivity contribution in [3.63, 3.8) is 0 Å². The summed E-state index contributed by atoms with van der Waals surface area (Å²) in [6, 6.07) is 14.2. The second-order valence-electron chi connectivity index (χ2n) is 5.20. The van der Waals surface area contributed by atoms with Gasteiger partial charge in [0.2, 0.25) is 5.91 Å². The van der Waals surface area contributed by atoms with Crippen LogP contribution < -0.4 is 5.32 Å². The fourth-order valence-corrected chi connectivity index (χ4v) is 3.27. The van der Waals surface area contributed by atoms with Gasteiger partial charge in [0, 0.05) is 34.3 Å². The third-order valence-corrected chi connectivity index (χ3v) is 4.57. The number of amides is 1. The Bertz CT molecular complexity index is 798. The smallest absolute Gasteiger partial charge is 0.224 e. The number of aromatic nitrogens is 1. The van der Waals surface area contributed by atoms with Gasteiger partial charge in [-0.2, -0.15) is 0 Å². The van der Waals surface area contributed by atoms with Crippen molar-refractivity contribution in [3.8, 4) is 0 Å². The highest BCUT2D eigenvalue weighted by molar-refractivity contribution is 7.99. The first kappa shape index (κ1) is 15.6. The number of halogens is 1. The zero-order valence-electron chi connectivity index (χ0n) is 12.5. The molecule has 0 aliphatic rings. The number of thioether (sulfide) groups is 1. The largest absolute Gasteiger partial charge is 0.360 e. The van der Waals surface area contributed by atoms with E-state index in [1.165, 1.54) is 22.4 Å². The Hall–Kier alpha value is -2.27. The molecule has 0 saturated heterocycles. The topological polar surface area (TPSA) is 44.9 Å². The van der Waals surface area contributed by atoms with Gasteiger partial charge in [0.25, 0.3) is 0 Å². The van der Waals surface area contributed by atoms with Crippen LogP contribution in [0, 0.1) is 5.82 Å². The summed E-state index contributed by atoms with van der Waals surface area (Å²) in [6.45, 7) is 0.601. The number of hydrogen-bond donors (Lipinski definition) is 2. The Morgan fingerprint density at radius 2 is 1.91 bits per heavy atom.